The lowest BCUT2D eigenvalue weighted by Gasteiger charge is -2.12. The van der Waals surface area contributed by atoms with Gasteiger partial charge in [-0.25, -0.2) is 0 Å². The Balaban J connectivity index is 2.03. The van der Waals surface area contributed by atoms with Crippen LogP contribution in [0.15, 0.2) is 35.0 Å². The highest BCUT2D eigenvalue weighted by Crippen LogP contribution is 2.26. The van der Waals surface area contributed by atoms with E-state index in [0.29, 0.717) is 10.0 Å². The van der Waals surface area contributed by atoms with Crippen molar-refractivity contribution in [2.24, 2.45) is 5.73 Å². The molecule has 2 N–H and O–H groups in total. The molecular formula is C13H13Cl2NS. The third kappa shape index (κ3) is 3.46. The average Bonchev–Trinajstić information content (AvgIpc) is 2.77. The van der Waals surface area contributed by atoms with Gasteiger partial charge < -0.3 is 5.73 Å². The molecule has 0 bridgehead atoms. The van der Waals surface area contributed by atoms with E-state index in [-0.39, 0.29) is 6.04 Å². The van der Waals surface area contributed by atoms with Crippen LogP contribution in [0.25, 0.3) is 0 Å². The standard InChI is InChI=1S/C13H13Cl2NS/c14-12-3-1-2-10(13(12)15)7-11(16)6-9-4-5-17-8-9/h1-5,8,11H,6-7,16H2. The summed E-state index contributed by atoms with van der Waals surface area (Å²) in [7, 11) is 0. The number of nitrogens with two attached hydrogens (primary N) is 1. The zero-order chi connectivity index (χ0) is 12.3. The van der Waals surface area contributed by atoms with Crippen LogP contribution in [0.4, 0.5) is 0 Å². The van der Waals surface area contributed by atoms with Gasteiger partial charge in [0.2, 0.25) is 0 Å². The number of hydrogen-bond acceptors (Lipinski definition) is 2. The minimum Gasteiger partial charge on any atom is -0.327 e. The molecule has 90 valence electrons. The van der Waals surface area contributed by atoms with E-state index in [0.717, 1.165) is 18.4 Å². The Labute approximate surface area is 115 Å². The molecule has 0 aliphatic rings. The third-order valence-electron chi connectivity index (χ3n) is 2.59. The lowest BCUT2D eigenvalue weighted by molar-refractivity contribution is 0.666. The first-order valence-electron chi connectivity index (χ1n) is 5.36. The van der Waals surface area contributed by atoms with Crippen molar-refractivity contribution in [1.82, 2.24) is 0 Å². The first-order chi connectivity index (χ1) is 8.16. The quantitative estimate of drug-likeness (QED) is 0.897. The summed E-state index contributed by atoms with van der Waals surface area (Å²) >= 11 is 13.8. The maximum Gasteiger partial charge on any atom is 0.0624 e. The lowest BCUT2D eigenvalue weighted by Crippen LogP contribution is -2.25. The van der Waals surface area contributed by atoms with Gasteiger partial charge in [-0.2, -0.15) is 11.3 Å². The number of thiophene rings is 1. The van der Waals surface area contributed by atoms with Gasteiger partial charge in [0, 0.05) is 6.04 Å². The minimum absolute atomic E-state index is 0.0700. The molecule has 1 nitrogen and oxygen atoms in total. The highest BCUT2D eigenvalue weighted by molar-refractivity contribution is 7.07. The Bertz CT molecular complexity index is 482. The molecule has 1 heterocycles. The molecule has 0 aliphatic carbocycles. The predicted molar refractivity (Wildman–Crippen MR) is 76.2 cm³/mol. The number of halogens is 2. The number of hydrogen-bond donors (Lipinski definition) is 1. The highest BCUT2D eigenvalue weighted by Gasteiger charge is 2.10. The minimum atomic E-state index is 0.0700. The molecule has 0 fully saturated rings. The van der Waals surface area contributed by atoms with Gasteiger partial charge in [-0.3, -0.25) is 0 Å². The van der Waals surface area contributed by atoms with Crippen LogP contribution in [0.2, 0.25) is 10.0 Å². The summed E-state index contributed by atoms with van der Waals surface area (Å²) in [6.45, 7) is 0. The molecule has 0 saturated carbocycles. The molecular weight excluding hydrogens is 273 g/mol. The summed E-state index contributed by atoms with van der Waals surface area (Å²) < 4.78 is 0. The molecule has 0 radical (unpaired) electrons. The van der Waals surface area contributed by atoms with Crippen LogP contribution >= 0.6 is 34.5 Å². The summed E-state index contributed by atoms with van der Waals surface area (Å²) in [4.78, 5) is 0. The molecule has 0 saturated heterocycles. The summed E-state index contributed by atoms with van der Waals surface area (Å²) in [5.74, 6) is 0. The van der Waals surface area contributed by atoms with E-state index in [4.69, 9.17) is 28.9 Å². The zero-order valence-electron chi connectivity index (χ0n) is 9.20. The Morgan fingerprint density at radius 3 is 2.71 bits per heavy atom. The van der Waals surface area contributed by atoms with Crippen LogP contribution in [-0.2, 0) is 12.8 Å². The van der Waals surface area contributed by atoms with E-state index < -0.39 is 0 Å². The van der Waals surface area contributed by atoms with E-state index in [1.54, 1.807) is 17.4 Å². The van der Waals surface area contributed by atoms with Crippen molar-refractivity contribution in [3.05, 3.63) is 56.2 Å². The first-order valence-corrected chi connectivity index (χ1v) is 7.06. The van der Waals surface area contributed by atoms with Crippen molar-refractivity contribution in [2.75, 3.05) is 0 Å². The van der Waals surface area contributed by atoms with Crippen molar-refractivity contribution < 1.29 is 0 Å². The Morgan fingerprint density at radius 1 is 1.18 bits per heavy atom. The zero-order valence-corrected chi connectivity index (χ0v) is 11.5. The normalized spacial score (nSPS) is 12.6. The lowest BCUT2D eigenvalue weighted by atomic mass is 10.0. The summed E-state index contributed by atoms with van der Waals surface area (Å²) in [6, 6.07) is 7.84. The van der Waals surface area contributed by atoms with Crippen LogP contribution in [0, 0.1) is 0 Å². The van der Waals surface area contributed by atoms with Gasteiger partial charge in [-0.05, 0) is 46.9 Å². The summed E-state index contributed by atoms with van der Waals surface area (Å²) in [5.41, 5.74) is 8.41. The largest absolute Gasteiger partial charge is 0.327 e. The summed E-state index contributed by atoms with van der Waals surface area (Å²) in [5, 5.41) is 5.40. The van der Waals surface area contributed by atoms with Crippen LogP contribution in [0.3, 0.4) is 0 Å². The average molecular weight is 286 g/mol. The molecule has 0 aliphatic heterocycles. The maximum atomic E-state index is 6.13. The second-order valence-electron chi connectivity index (χ2n) is 4.01. The monoisotopic (exact) mass is 285 g/mol. The second kappa shape index (κ2) is 5.87. The van der Waals surface area contributed by atoms with E-state index in [9.17, 15) is 0 Å². The first kappa shape index (κ1) is 12.9. The van der Waals surface area contributed by atoms with Crippen LogP contribution in [-0.4, -0.2) is 6.04 Å². The van der Waals surface area contributed by atoms with Gasteiger partial charge in [0.25, 0.3) is 0 Å². The molecule has 2 aromatic rings. The molecule has 0 amide bonds. The maximum absolute atomic E-state index is 6.13. The highest BCUT2D eigenvalue weighted by atomic mass is 35.5. The van der Waals surface area contributed by atoms with Gasteiger partial charge in [0.1, 0.15) is 0 Å². The predicted octanol–water partition coefficient (Wildman–Crippen LogP) is 4.17. The van der Waals surface area contributed by atoms with Crippen molar-refractivity contribution >= 4 is 34.5 Å². The van der Waals surface area contributed by atoms with Crippen molar-refractivity contribution in [3.63, 3.8) is 0 Å². The van der Waals surface area contributed by atoms with Gasteiger partial charge in [0.05, 0.1) is 10.0 Å². The molecule has 0 spiro atoms. The number of rotatable bonds is 4. The molecule has 1 atom stereocenters. The van der Waals surface area contributed by atoms with Gasteiger partial charge >= 0.3 is 0 Å². The molecule has 4 heteroatoms. The fourth-order valence-electron chi connectivity index (χ4n) is 1.77. The van der Waals surface area contributed by atoms with Crippen molar-refractivity contribution in [1.29, 1.82) is 0 Å². The number of benzene rings is 1. The molecule has 2 rings (SSSR count). The smallest absolute Gasteiger partial charge is 0.0624 e. The van der Waals surface area contributed by atoms with Gasteiger partial charge in [0.15, 0.2) is 0 Å². The SMILES string of the molecule is NC(Cc1ccsc1)Cc1cccc(Cl)c1Cl. The van der Waals surface area contributed by atoms with Crippen LogP contribution < -0.4 is 5.73 Å². The van der Waals surface area contributed by atoms with E-state index >= 15 is 0 Å². The second-order valence-corrected chi connectivity index (χ2v) is 5.58. The van der Waals surface area contributed by atoms with Crippen molar-refractivity contribution in [2.45, 2.75) is 18.9 Å². The van der Waals surface area contributed by atoms with E-state index in [2.05, 4.69) is 16.8 Å². The fraction of sp³-hybridized carbons (Fsp3) is 0.231. The molecule has 1 aromatic carbocycles. The Kier molecular flexibility index (Phi) is 4.46. The van der Waals surface area contributed by atoms with Crippen LogP contribution in [0.1, 0.15) is 11.1 Å². The van der Waals surface area contributed by atoms with E-state index in [1.165, 1.54) is 5.56 Å². The van der Waals surface area contributed by atoms with Crippen LogP contribution in [0.5, 0.6) is 0 Å². The van der Waals surface area contributed by atoms with Gasteiger partial charge in [-0.15, -0.1) is 0 Å². The molecule has 17 heavy (non-hydrogen) atoms. The van der Waals surface area contributed by atoms with E-state index in [1.807, 2.05) is 12.1 Å². The van der Waals surface area contributed by atoms with Crippen molar-refractivity contribution in [3.8, 4) is 0 Å². The molecule has 1 unspecified atom stereocenters. The molecule has 1 aromatic heterocycles. The topological polar surface area (TPSA) is 26.0 Å². The summed E-state index contributed by atoms with van der Waals surface area (Å²) in [6.07, 6.45) is 1.61. The Hall–Kier alpha value is -0.540. The van der Waals surface area contributed by atoms with Gasteiger partial charge in [-0.1, -0.05) is 35.3 Å². The third-order valence-corrected chi connectivity index (χ3v) is 4.18. The fourth-order valence-corrected chi connectivity index (χ4v) is 2.85. The Morgan fingerprint density at radius 2 is 2.00 bits per heavy atom.